The van der Waals surface area contributed by atoms with Gasteiger partial charge in [-0.3, -0.25) is 14.4 Å². The van der Waals surface area contributed by atoms with Crippen molar-refractivity contribution in [3.63, 3.8) is 0 Å². The minimum Gasteiger partial charge on any atom is -0.493 e. The third kappa shape index (κ3) is 4.14. The fourth-order valence-corrected chi connectivity index (χ4v) is 7.57. The van der Waals surface area contributed by atoms with Gasteiger partial charge in [0.1, 0.15) is 11.5 Å². The lowest BCUT2D eigenvalue weighted by Crippen LogP contribution is -2.51. The highest BCUT2D eigenvalue weighted by Gasteiger charge is 2.70. The Morgan fingerprint density at radius 2 is 1.49 bits per heavy atom. The highest BCUT2D eigenvalue weighted by molar-refractivity contribution is 9.10. The lowest BCUT2D eigenvalue weighted by Gasteiger charge is -2.37. The van der Waals surface area contributed by atoms with Gasteiger partial charge in [0, 0.05) is 27.0 Å². The van der Waals surface area contributed by atoms with E-state index in [4.69, 9.17) is 14.2 Å². The molecule has 1 fully saturated rings. The Kier molecular flexibility index (Phi) is 7.00. The minimum atomic E-state index is -1.44. The Hall–Kier alpha value is -4.89. The summed E-state index contributed by atoms with van der Waals surface area (Å²) in [5, 5.41) is 3.05. The normalized spacial score (nSPS) is 22.4. The molecule has 0 aliphatic carbocycles. The first-order valence-corrected chi connectivity index (χ1v) is 15.2. The van der Waals surface area contributed by atoms with Crippen LogP contribution in [0.15, 0.2) is 95.5 Å². The Balaban J connectivity index is 1.53. The predicted molar refractivity (Wildman–Crippen MR) is 175 cm³/mol. The second-order valence-electron chi connectivity index (χ2n) is 11.2. The van der Waals surface area contributed by atoms with Gasteiger partial charge in [-0.25, -0.2) is 0 Å². The zero-order valence-electron chi connectivity index (χ0n) is 24.7. The molecule has 1 saturated heterocycles. The number of para-hydroxylation sites is 2. The topological polar surface area (TPSA) is 94.2 Å². The van der Waals surface area contributed by atoms with E-state index >= 15 is 4.79 Å². The molecule has 0 saturated carbocycles. The third-order valence-electron chi connectivity index (χ3n) is 9.17. The Bertz CT molecular complexity index is 1880. The first-order chi connectivity index (χ1) is 21.8. The summed E-state index contributed by atoms with van der Waals surface area (Å²) in [6.07, 6.45) is 3.92. The maximum atomic E-state index is 15.2. The van der Waals surface area contributed by atoms with Crippen LogP contribution in [0.25, 0.3) is 6.08 Å². The number of anilines is 2. The number of ketones is 2. The van der Waals surface area contributed by atoms with Crippen molar-refractivity contribution in [3.8, 4) is 17.2 Å². The molecule has 1 spiro atoms. The van der Waals surface area contributed by atoms with E-state index < -0.39 is 29.2 Å². The number of benzene rings is 4. The van der Waals surface area contributed by atoms with Gasteiger partial charge in [-0.2, -0.15) is 0 Å². The summed E-state index contributed by atoms with van der Waals surface area (Å²) in [5.41, 5.74) is 2.19. The maximum absolute atomic E-state index is 15.2. The van der Waals surface area contributed by atoms with Crippen molar-refractivity contribution in [2.24, 2.45) is 5.92 Å². The zero-order valence-corrected chi connectivity index (χ0v) is 26.3. The van der Waals surface area contributed by atoms with E-state index in [1.165, 1.54) is 21.3 Å². The van der Waals surface area contributed by atoms with E-state index in [2.05, 4.69) is 21.2 Å². The Labute approximate surface area is 268 Å². The van der Waals surface area contributed by atoms with Crippen LogP contribution in [0.3, 0.4) is 0 Å². The lowest BCUT2D eigenvalue weighted by atomic mass is 9.64. The molecule has 0 aromatic heterocycles. The molecule has 4 atom stereocenters. The van der Waals surface area contributed by atoms with Crippen molar-refractivity contribution in [3.05, 3.63) is 118 Å². The number of Topliss-reactive ketones (excluding diaryl/α,β-unsaturated/α-hetero) is 2. The highest BCUT2D eigenvalue weighted by atomic mass is 79.9. The van der Waals surface area contributed by atoms with Gasteiger partial charge in [0.15, 0.2) is 23.1 Å². The number of carbonyl (C=O) groups excluding carboxylic acids is 3. The quantitative estimate of drug-likeness (QED) is 0.231. The fourth-order valence-electron chi connectivity index (χ4n) is 7.31. The molecular formula is C36H29BrN2O6. The van der Waals surface area contributed by atoms with Crippen LogP contribution in [0.4, 0.5) is 11.4 Å². The van der Waals surface area contributed by atoms with Gasteiger partial charge in [-0.05, 0) is 47.5 Å². The van der Waals surface area contributed by atoms with Crippen LogP contribution >= 0.6 is 15.9 Å². The number of fused-ring (bicyclic) bond motifs is 6. The summed E-state index contributed by atoms with van der Waals surface area (Å²) in [6, 6.07) is 23.7. The zero-order chi connectivity index (χ0) is 31.5. The van der Waals surface area contributed by atoms with Gasteiger partial charge in [0.25, 0.3) is 0 Å². The van der Waals surface area contributed by atoms with Crippen LogP contribution in [0.1, 0.15) is 31.8 Å². The third-order valence-corrected chi connectivity index (χ3v) is 9.70. The number of rotatable bonds is 7. The Morgan fingerprint density at radius 3 is 2.18 bits per heavy atom. The van der Waals surface area contributed by atoms with E-state index in [9.17, 15) is 9.59 Å². The largest absolute Gasteiger partial charge is 0.493 e. The smallest absolute Gasteiger partial charge is 0.238 e. The van der Waals surface area contributed by atoms with Crippen LogP contribution < -0.4 is 24.4 Å². The fraction of sp³-hybridized carbons (Fsp3) is 0.194. The number of ether oxygens (including phenoxy) is 3. The summed E-state index contributed by atoms with van der Waals surface area (Å²) < 4.78 is 17.5. The van der Waals surface area contributed by atoms with Crippen molar-refractivity contribution < 1.29 is 28.6 Å². The van der Waals surface area contributed by atoms with E-state index in [1.807, 2.05) is 65.6 Å². The second-order valence-corrected chi connectivity index (χ2v) is 12.1. The molecule has 226 valence electrons. The summed E-state index contributed by atoms with van der Waals surface area (Å²) in [7, 11) is 4.44. The number of methoxy groups -OCH3 is 3. The maximum Gasteiger partial charge on any atom is 0.238 e. The molecule has 45 heavy (non-hydrogen) atoms. The van der Waals surface area contributed by atoms with Crippen LogP contribution in [0, 0.1) is 5.92 Å². The standard InChI is InChI=1S/C36H29BrN2O6/c1-43-27-18-22(19-28(44-2)34(27)45-3)32(40)30-31(33(41)21-12-15-23(37)16-13-21)39-26-11-7-4-8-20(26)14-17-29(39)36(30)24-9-5-6-10-25(24)38-35(36)42/h4-19,29-31H,1-3H3,(H,38,42)/t29-,30-,31-,36+/m1/s1. The van der Waals surface area contributed by atoms with Crippen molar-refractivity contribution in [1.29, 1.82) is 0 Å². The van der Waals surface area contributed by atoms with Gasteiger partial charge >= 0.3 is 0 Å². The van der Waals surface area contributed by atoms with E-state index in [-0.39, 0.29) is 17.3 Å². The molecule has 3 aliphatic heterocycles. The van der Waals surface area contributed by atoms with E-state index in [1.54, 1.807) is 36.4 Å². The van der Waals surface area contributed by atoms with E-state index in [0.717, 1.165) is 15.7 Å². The molecule has 8 nitrogen and oxygen atoms in total. The molecule has 0 radical (unpaired) electrons. The molecule has 1 amide bonds. The van der Waals surface area contributed by atoms with E-state index in [0.29, 0.717) is 34.1 Å². The average molecular weight is 666 g/mol. The van der Waals surface area contributed by atoms with Crippen molar-refractivity contribution >= 4 is 50.9 Å². The van der Waals surface area contributed by atoms with Gasteiger partial charge in [0.05, 0.1) is 33.3 Å². The number of carbonyl (C=O) groups is 3. The number of halogens is 1. The van der Waals surface area contributed by atoms with Crippen LogP contribution in [-0.2, 0) is 10.2 Å². The molecule has 0 bridgehead atoms. The number of hydrogen-bond donors (Lipinski definition) is 1. The molecular weight excluding hydrogens is 636 g/mol. The summed E-state index contributed by atoms with van der Waals surface area (Å²) in [5.74, 6) is -1.21. The van der Waals surface area contributed by atoms with Crippen molar-refractivity contribution in [2.75, 3.05) is 31.5 Å². The summed E-state index contributed by atoms with van der Waals surface area (Å²) in [4.78, 5) is 46.6. The highest BCUT2D eigenvalue weighted by Crippen LogP contribution is 2.58. The van der Waals surface area contributed by atoms with Gasteiger partial charge < -0.3 is 24.4 Å². The Morgan fingerprint density at radius 1 is 0.822 bits per heavy atom. The average Bonchev–Trinajstić information content (AvgIpc) is 3.55. The van der Waals surface area contributed by atoms with Crippen LogP contribution in [0.2, 0.25) is 0 Å². The van der Waals surface area contributed by atoms with Crippen LogP contribution in [-0.4, -0.2) is 50.9 Å². The molecule has 9 heteroatoms. The predicted octanol–water partition coefficient (Wildman–Crippen LogP) is 6.33. The lowest BCUT2D eigenvalue weighted by molar-refractivity contribution is -0.121. The monoisotopic (exact) mass is 664 g/mol. The number of amides is 1. The van der Waals surface area contributed by atoms with Gasteiger partial charge in [0.2, 0.25) is 11.7 Å². The van der Waals surface area contributed by atoms with Crippen LogP contribution in [0.5, 0.6) is 17.2 Å². The van der Waals surface area contributed by atoms with Gasteiger partial charge in [-0.1, -0.05) is 76.6 Å². The molecule has 7 rings (SSSR count). The molecule has 3 aliphatic rings. The number of hydrogen-bond acceptors (Lipinski definition) is 7. The minimum absolute atomic E-state index is 0.233. The molecule has 3 heterocycles. The first-order valence-electron chi connectivity index (χ1n) is 14.5. The van der Waals surface area contributed by atoms with Crippen molar-refractivity contribution in [1.82, 2.24) is 0 Å². The number of nitrogens with one attached hydrogen (secondary N) is 1. The summed E-state index contributed by atoms with van der Waals surface area (Å²) >= 11 is 3.46. The SMILES string of the molecule is COc1cc(C(=O)[C@H]2[C@H](C(=O)c3ccc(Br)cc3)N3c4ccccc4C=C[C@@H]3[C@]23C(=O)Nc2ccccc23)cc(OC)c1OC. The molecule has 4 aromatic carbocycles. The molecule has 0 unspecified atom stereocenters. The first kappa shape index (κ1) is 28.9. The summed E-state index contributed by atoms with van der Waals surface area (Å²) in [6.45, 7) is 0. The van der Waals surface area contributed by atoms with Crippen molar-refractivity contribution in [2.45, 2.75) is 17.5 Å². The molecule has 4 aromatic rings. The molecule has 1 N–H and O–H groups in total. The number of nitrogens with zero attached hydrogens (tertiary/aromatic N) is 1. The van der Waals surface area contributed by atoms with Gasteiger partial charge in [-0.15, -0.1) is 0 Å². The second kappa shape index (κ2) is 10.9.